The van der Waals surface area contributed by atoms with Gasteiger partial charge in [-0.2, -0.15) is 0 Å². The lowest BCUT2D eigenvalue weighted by Gasteiger charge is -2.55. The zero-order chi connectivity index (χ0) is 24.4. The van der Waals surface area contributed by atoms with Gasteiger partial charge in [-0.05, 0) is 93.9 Å². The van der Waals surface area contributed by atoms with Crippen LogP contribution in [0.3, 0.4) is 0 Å². The van der Waals surface area contributed by atoms with Crippen LogP contribution in [0.2, 0.25) is 0 Å². The third-order valence-corrected chi connectivity index (χ3v) is 7.18. The maximum absolute atomic E-state index is 14.3. The fourth-order valence-electron chi connectivity index (χ4n) is 6.71. The minimum absolute atomic E-state index is 0.0145. The van der Waals surface area contributed by atoms with Crippen molar-refractivity contribution in [2.24, 2.45) is 0 Å². The molecule has 2 N–H and O–H groups in total. The molecule has 0 spiro atoms. The van der Waals surface area contributed by atoms with Crippen molar-refractivity contribution in [2.45, 2.75) is 155 Å². The lowest BCUT2D eigenvalue weighted by molar-refractivity contribution is 0.0112. The van der Waals surface area contributed by atoms with Crippen LogP contribution in [0.15, 0.2) is 0 Å². The summed E-state index contributed by atoms with van der Waals surface area (Å²) in [5.41, 5.74) is 0.0578. The third-order valence-electron chi connectivity index (χ3n) is 7.18. The molecule has 0 radical (unpaired) electrons. The first-order valence-electron chi connectivity index (χ1n) is 13.3. The van der Waals surface area contributed by atoms with Gasteiger partial charge in [0.15, 0.2) is 0 Å². The highest BCUT2D eigenvalue weighted by Gasteiger charge is 2.48. The minimum atomic E-state index is 0.0145. The fraction of sp³-hybridized carbons (Fsp3) is 0.963. The lowest BCUT2D eigenvalue weighted by atomic mass is 9.75. The highest BCUT2D eigenvalue weighted by Crippen LogP contribution is 2.38. The number of hydrogen-bond donors (Lipinski definition) is 2. The quantitative estimate of drug-likeness (QED) is 0.482. The molecule has 188 valence electrons. The van der Waals surface area contributed by atoms with E-state index in [0.717, 1.165) is 64.5 Å². The monoisotopic (exact) mass is 450 g/mol. The van der Waals surface area contributed by atoms with E-state index in [1.807, 2.05) is 0 Å². The SMILES string of the molecule is CCCCN(CCCC)C(=O)N(C1CC(C)(C)NC(C)(C)C1)C1CC(C)(C)NC(C)(C)C1. The molecule has 5 heteroatoms. The summed E-state index contributed by atoms with van der Waals surface area (Å²) >= 11 is 0. The Morgan fingerprint density at radius 2 is 1.00 bits per heavy atom. The summed E-state index contributed by atoms with van der Waals surface area (Å²) in [4.78, 5) is 18.8. The molecule has 2 saturated heterocycles. The van der Waals surface area contributed by atoms with Crippen LogP contribution >= 0.6 is 0 Å². The second-order valence-electron chi connectivity index (χ2n) is 13.3. The highest BCUT2D eigenvalue weighted by molar-refractivity contribution is 5.75. The molecule has 32 heavy (non-hydrogen) atoms. The molecule has 2 aliphatic heterocycles. The molecule has 0 atom stereocenters. The fourth-order valence-corrected chi connectivity index (χ4v) is 6.71. The van der Waals surface area contributed by atoms with Crippen LogP contribution < -0.4 is 10.6 Å². The first kappa shape index (κ1) is 27.4. The van der Waals surface area contributed by atoms with Crippen LogP contribution in [0, 0.1) is 0 Å². The Kier molecular flexibility index (Phi) is 8.75. The van der Waals surface area contributed by atoms with Gasteiger partial charge in [-0.3, -0.25) is 0 Å². The maximum atomic E-state index is 14.3. The Bertz CT molecular complexity index is 547. The largest absolute Gasteiger partial charge is 0.325 e. The minimum Gasteiger partial charge on any atom is -0.325 e. The summed E-state index contributed by atoms with van der Waals surface area (Å²) in [6.45, 7) is 24.6. The van der Waals surface area contributed by atoms with E-state index in [4.69, 9.17) is 0 Å². The van der Waals surface area contributed by atoms with Gasteiger partial charge in [-0.1, -0.05) is 26.7 Å². The first-order valence-corrected chi connectivity index (χ1v) is 13.3. The van der Waals surface area contributed by atoms with Gasteiger partial charge in [0.05, 0.1) is 0 Å². The number of rotatable bonds is 8. The number of unbranched alkanes of at least 4 members (excludes halogenated alkanes) is 2. The molecule has 0 bridgehead atoms. The molecule has 2 rings (SSSR count). The van der Waals surface area contributed by atoms with E-state index in [9.17, 15) is 4.79 Å². The molecule has 2 fully saturated rings. The van der Waals surface area contributed by atoms with Gasteiger partial charge in [0, 0.05) is 47.3 Å². The van der Waals surface area contributed by atoms with Gasteiger partial charge in [-0.15, -0.1) is 0 Å². The van der Waals surface area contributed by atoms with Crippen molar-refractivity contribution >= 4 is 6.03 Å². The van der Waals surface area contributed by atoms with E-state index in [1.54, 1.807) is 0 Å². The van der Waals surface area contributed by atoms with Crippen LogP contribution in [-0.4, -0.2) is 63.2 Å². The van der Waals surface area contributed by atoms with E-state index in [-0.39, 0.29) is 40.3 Å². The average molecular weight is 451 g/mol. The number of amides is 2. The van der Waals surface area contributed by atoms with Crippen molar-refractivity contribution in [1.82, 2.24) is 20.4 Å². The normalized spacial score (nSPS) is 24.8. The van der Waals surface area contributed by atoms with Crippen molar-refractivity contribution in [3.05, 3.63) is 0 Å². The molecule has 0 saturated carbocycles. The first-order chi connectivity index (χ1) is 14.6. The smallest absolute Gasteiger partial charge is 0.320 e. The number of nitrogens with one attached hydrogen (secondary N) is 2. The van der Waals surface area contributed by atoms with Crippen molar-refractivity contribution in [2.75, 3.05) is 13.1 Å². The Hall–Kier alpha value is -0.810. The van der Waals surface area contributed by atoms with Crippen LogP contribution in [0.5, 0.6) is 0 Å². The summed E-state index contributed by atoms with van der Waals surface area (Å²) in [6, 6.07) is 0.798. The van der Waals surface area contributed by atoms with Crippen molar-refractivity contribution in [3.63, 3.8) is 0 Å². The van der Waals surface area contributed by atoms with E-state index < -0.39 is 0 Å². The molecule has 2 aliphatic rings. The molecule has 0 unspecified atom stereocenters. The standard InChI is InChI=1S/C27H54N4O/c1-11-13-15-30(16-14-12-2)23(32)31(21-17-24(3,4)28-25(5,6)18-21)22-19-26(7,8)29-27(9,10)20-22/h21-22,28-29H,11-20H2,1-10H3. The Morgan fingerprint density at radius 1 is 0.688 bits per heavy atom. The number of urea groups is 1. The van der Waals surface area contributed by atoms with Crippen LogP contribution in [0.4, 0.5) is 4.79 Å². The topological polar surface area (TPSA) is 47.6 Å². The van der Waals surface area contributed by atoms with Gasteiger partial charge in [0.1, 0.15) is 0 Å². The van der Waals surface area contributed by atoms with Gasteiger partial charge < -0.3 is 20.4 Å². The van der Waals surface area contributed by atoms with E-state index in [0.29, 0.717) is 0 Å². The zero-order valence-corrected chi connectivity index (χ0v) is 23.0. The molecule has 0 aromatic heterocycles. The second-order valence-corrected chi connectivity index (χ2v) is 13.3. The highest BCUT2D eigenvalue weighted by atomic mass is 16.2. The summed E-state index contributed by atoms with van der Waals surface area (Å²) in [5.74, 6) is 0. The predicted molar refractivity (Wildman–Crippen MR) is 137 cm³/mol. The van der Waals surface area contributed by atoms with Gasteiger partial charge in [0.25, 0.3) is 0 Å². The van der Waals surface area contributed by atoms with Crippen LogP contribution in [0.25, 0.3) is 0 Å². The van der Waals surface area contributed by atoms with Gasteiger partial charge >= 0.3 is 6.03 Å². The van der Waals surface area contributed by atoms with Crippen molar-refractivity contribution in [3.8, 4) is 0 Å². The number of carbonyl (C=O) groups excluding carboxylic acids is 1. The summed E-state index contributed by atoms with van der Waals surface area (Å²) in [5, 5.41) is 7.65. The Morgan fingerprint density at radius 3 is 1.28 bits per heavy atom. The van der Waals surface area contributed by atoms with Gasteiger partial charge in [0.2, 0.25) is 0 Å². The molecule has 5 nitrogen and oxygen atoms in total. The third kappa shape index (κ3) is 7.62. The number of carbonyl (C=O) groups is 1. The van der Waals surface area contributed by atoms with E-state index in [2.05, 4.69) is 89.7 Å². The van der Waals surface area contributed by atoms with Gasteiger partial charge in [-0.25, -0.2) is 4.79 Å². The second kappa shape index (κ2) is 10.2. The van der Waals surface area contributed by atoms with Crippen molar-refractivity contribution < 1.29 is 4.79 Å². The number of piperidine rings is 2. The Labute approximate surface area is 199 Å². The predicted octanol–water partition coefficient (Wildman–Crippen LogP) is 5.93. The molecule has 0 aromatic carbocycles. The summed E-state index contributed by atoms with van der Waals surface area (Å²) in [6.07, 6.45) is 8.41. The lowest BCUT2D eigenvalue weighted by Crippen LogP contribution is -2.68. The number of nitrogens with zero attached hydrogens (tertiary/aromatic N) is 2. The Balaban J connectivity index is 2.44. The van der Waals surface area contributed by atoms with Crippen molar-refractivity contribution in [1.29, 1.82) is 0 Å². The van der Waals surface area contributed by atoms with E-state index >= 15 is 0 Å². The molecule has 2 heterocycles. The zero-order valence-electron chi connectivity index (χ0n) is 23.0. The number of hydrogen-bond acceptors (Lipinski definition) is 3. The molecule has 2 amide bonds. The molecule has 0 aromatic rings. The average Bonchev–Trinajstić information content (AvgIpc) is 2.56. The molecular formula is C27H54N4O. The summed E-state index contributed by atoms with van der Waals surface area (Å²) in [7, 11) is 0. The van der Waals surface area contributed by atoms with Crippen LogP contribution in [0.1, 0.15) is 121 Å². The maximum Gasteiger partial charge on any atom is 0.320 e. The summed E-state index contributed by atoms with van der Waals surface area (Å²) < 4.78 is 0. The molecular weight excluding hydrogens is 396 g/mol. The molecule has 0 aliphatic carbocycles. The van der Waals surface area contributed by atoms with E-state index in [1.165, 1.54) is 0 Å². The van der Waals surface area contributed by atoms with Crippen LogP contribution in [-0.2, 0) is 0 Å².